The molecule has 0 aliphatic rings. The fourth-order valence-corrected chi connectivity index (χ4v) is 2.56. The highest BCUT2D eigenvalue weighted by molar-refractivity contribution is 5.67. The molecule has 0 saturated carbocycles. The van der Waals surface area contributed by atoms with Crippen molar-refractivity contribution in [3.05, 3.63) is 71.8 Å². The molecule has 6 heteroatoms. The van der Waals surface area contributed by atoms with Gasteiger partial charge in [-0.15, -0.1) is 0 Å². The Morgan fingerprint density at radius 3 is 1.25 bits per heavy atom. The first-order valence-corrected chi connectivity index (χ1v) is 9.24. The first kappa shape index (κ1) is 23.3. The number of aliphatic hydroxyl groups excluding tert-OH is 2. The highest BCUT2D eigenvalue weighted by Crippen LogP contribution is 2.07. The molecular formula is C22H28O6. The van der Waals surface area contributed by atoms with E-state index in [0.717, 1.165) is 24.0 Å². The van der Waals surface area contributed by atoms with Crippen LogP contribution in [0, 0.1) is 0 Å². The van der Waals surface area contributed by atoms with Crippen molar-refractivity contribution in [3.8, 4) is 0 Å². The lowest BCUT2D eigenvalue weighted by Gasteiger charge is -2.07. The van der Waals surface area contributed by atoms with Gasteiger partial charge in [0.25, 0.3) is 0 Å². The summed E-state index contributed by atoms with van der Waals surface area (Å²) in [7, 11) is 0. The average Bonchev–Trinajstić information content (AvgIpc) is 2.66. The molecule has 0 aromatic heterocycles. The van der Waals surface area contributed by atoms with Gasteiger partial charge in [0.2, 0.25) is 0 Å². The molecule has 152 valence electrons. The Hall–Kier alpha value is -2.70. The molecule has 4 N–H and O–H groups in total. The van der Waals surface area contributed by atoms with Crippen molar-refractivity contribution in [3.63, 3.8) is 0 Å². The number of carboxylic acids is 2. The summed E-state index contributed by atoms with van der Waals surface area (Å²) in [5.41, 5.74) is 2.24. The van der Waals surface area contributed by atoms with Gasteiger partial charge < -0.3 is 20.4 Å². The zero-order valence-electron chi connectivity index (χ0n) is 15.8. The Kier molecular flexibility index (Phi) is 11.2. The molecule has 0 spiro atoms. The van der Waals surface area contributed by atoms with E-state index in [4.69, 9.17) is 10.2 Å². The zero-order valence-corrected chi connectivity index (χ0v) is 15.8. The molecule has 28 heavy (non-hydrogen) atoms. The van der Waals surface area contributed by atoms with E-state index in [9.17, 15) is 19.8 Å². The van der Waals surface area contributed by atoms with E-state index in [-0.39, 0.29) is 12.8 Å². The van der Waals surface area contributed by atoms with E-state index in [0.29, 0.717) is 12.8 Å². The first-order chi connectivity index (χ1) is 13.4. The Bertz CT molecular complexity index is 625. The Morgan fingerprint density at radius 1 is 0.643 bits per heavy atom. The van der Waals surface area contributed by atoms with Crippen molar-refractivity contribution in [2.24, 2.45) is 0 Å². The summed E-state index contributed by atoms with van der Waals surface area (Å²) in [6, 6.07) is 19.4. The lowest BCUT2D eigenvalue weighted by Crippen LogP contribution is -2.13. The molecule has 2 aromatic carbocycles. The molecule has 2 aromatic rings. The van der Waals surface area contributed by atoms with Crippen LogP contribution in [0.3, 0.4) is 0 Å². The minimum absolute atomic E-state index is 0.174. The number of aliphatic carboxylic acids is 2. The Balaban J connectivity index is 0.000000280. The van der Waals surface area contributed by atoms with Gasteiger partial charge in [0.15, 0.2) is 0 Å². The van der Waals surface area contributed by atoms with Crippen LogP contribution >= 0.6 is 0 Å². The third-order valence-electron chi connectivity index (χ3n) is 4.04. The summed E-state index contributed by atoms with van der Waals surface area (Å²) >= 11 is 0. The van der Waals surface area contributed by atoms with E-state index in [1.54, 1.807) is 0 Å². The van der Waals surface area contributed by atoms with Gasteiger partial charge in [0.1, 0.15) is 0 Å². The van der Waals surface area contributed by atoms with Crippen LogP contribution in [0.2, 0.25) is 0 Å². The quantitative estimate of drug-likeness (QED) is 0.497. The van der Waals surface area contributed by atoms with Gasteiger partial charge in [-0.2, -0.15) is 0 Å². The maximum absolute atomic E-state index is 10.3. The third-order valence-corrected chi connectivity index (χ3v) is 4.04. The lowest BCUT2D eigenvalue weighted by atomic mass is 10.1. The molecule has 6 nitrogen and oxygen atoms in total. The van der Waals surface area contributed by atoms with Gasteiger partial charge in [0, 0.05) is 0 Å². The summed E-state index contributed by atoms with van der Waals surface area (Å²) in [5, 5.41) is 35.4. The summed E-state index contributed by atoms with van der Waals surface area (Å²) < 4.78 is 0. The monoisotopic (exact) mass is 388 g/mol. The zero-order chi connectivity index (χ0) is 20.8. The predicted molar refractivity (Wildman–Crippen MR) is 106 cm³/mol. The number of carboxylic acid groups (broad SMARTS) is 2. The number of aliphatic hydroxyl groups is 2. The van der Waals surface area contributed by atoms with Gasteiger partial charge in [-0.1, -0.05) is 60.7 Å². The standard InChI is InChI=1S/2C11H14O3/c2*12-10(8-11(13)14)7-6-9-4-2-1-3-5-9/h2*1-5,10,12H,6-8H2,(H,13,14). The second-order valence-corrected chi connectivity index (χ2v) is 6.55. The molecule has 0 saturated heterocycles. The van der Waals surface area contributed by atoms with Gasteiger partial charge in [-0.3, -0.25) is 9.59 Å². The number of carbonyl (C=O) groups is 2. The van der Waals surface area contributed by atoms with Crippen LogP contribution in [0.25, 0.3) is 0 Å². The fourth-order valence-electron chi connectivity index (χ4n) is 2.56. The maximum atomic E-state index is 10.3. The van der Waals surface area contributed by atoms with Gasteiger partial charge >= 0.3 is 11.9 Å². The molecule has 2 atom stereocenters. The SMILES string of the molecule is O=C(O)CC(O)CCc1ccccc1.O=C(O)CC(O)CCc1ccccc1. The van der Waals surface area contributed by atoms with Crippen LogP contribution < -0.4 is 0 Å². The normalized spacial score (nSPS) is 12.4. The van der Waals surface area contributed by atoms with E-state index >= 15 is 0 Å². The summed E-state index contributed by atoms with van der Waals surface area (Å²) in [5.74, 6) is -1.91. The van der Waals surface area contributed by atoms with Crippen molar-refractivity contribution < 1.29 is 30.0 Å². The van der Waals surface area contributed by atoms with Crippen LogP contribution in [0.5, 0.6) is 0 Å². The van der Waals surface area contributed by atoms with Crippen LogP contribution in [0.4, 0.5) is 0 Å². The minimum Gasteiger partial charge on any atom is -0.481 e. The highest BCUT2D eigenvalue weighted by Gasteiger charge is 2.09. The van der Waals surface area contributed by atoms with Crippen molar-refractivity contribution in [2.75, 3.05) is 0 Å². The second-order valence-electron chi connectivity index (χ2n) is 6.55. The molecule has 2 unspecified atom stereocenters. The van der Waals surface area contributed by atoms with Crippen molar-refractivity contribution in [1.29, 1.82) is 0 Å². The molecule has 0 amide bonds. The summed E-state index contributed by atoms with van der Waals surface area (Å²) in [6.07, 6.45) is 0.594. The predicted octanol–water partition coefficient (Wildman–Crippen LogP) is 2.91. The molecule has 2 rings (SSSR count). The number of hydrogen-bond donors (Lipinski definition) is 4. The second kappa shape index (κ2) is 13.5. The molecule has 0 aliphatic carbocycles. The van der Waals surface area contributed by atoms with Gasteiger partial charge in [-0.05, 0) is 36.8 Å². The molecule has 0 heterocycles. The molecule has 0 aliphatic heterocycles. The van der Waals surface area contributed by atoms with Crippen LogP contribution in [-0.4, -0.2) is 44.6 Å². The summed E-state index contributed by atoms with van der Waals surface area (Å²) in [6.45, 7) is 0. The van der Waals surface area contributed by atoms with E-state index < -0.39 is 24.1 Å². The van der Waals surface area contributed by atoms with Gasteiger partial charge in [-0.25, -0.2) is 0 Å². The van der Waals surface area contributed by atoms with Crippen LogP contribution in [-0.2, 0) is 22.4 Å². The van der Waals surface area contributed by atoms with Gasteiger partial charge in [0.05, 0.1) is 25.0 Å². The van der Waals surface area contributed by atoms with Crippen molar-refractivity contribution >= 4 is 11.9 Å². The van der Waals surface area contributed by atoms with Crippen molar-refractivity contribution in [2.45, 2.75) is 50.7 Å². The third kappa shape index (κ3) is 11.8. The molecule has 0 bridgehead atoms. The Morgan fingerprint density at radius 2 is 0.964 bits per heavy atom. The van der Waals surface area contributed by atoms with Crippen LogP contribution in [0.1, 0.15) is 36.8 Å². The van der Waals surface area contributed by atoms with E-state index in [2.05, 4.69) is 0 Å². The fraction of sp³-hybridized carbons (Fsp3) is 0.364. The molecule has 0 radical (unpaired) electrons. The number of hydrogen-bond acceptors (Lipinski definition) is 4. The number of aryl methyl sites for hydroxylation is 2. The smallest absolute Gasteiger partial charge is 0.305 e. The Labute approximate surface area is 165 Å². The highest BCUT2D eigenvalue weighted by atomic mass is 16.4. The average molecular weight is 388 g/mol. The van der Waals surface area contributed by atoms with Crippen LogP contribution in [0.15, 0.2) is 60.7 Å². The molecule has 0 fully saturated rings. The maximum Gasteiger partial charge on any atom is 0.305 e. The molecular weight excluding hydrogens is 360 g/mol. The summed E-state index contributed by atoms with van der Waals surface area (Å²) in [4.78, 5) is 20.5. The topological polar surface area (TPSA) is 115 Å². The van der Waals surface area contributed by atoms with Crippen molar-refractivity contribution in [1.82, 2.24) is 0 Å². The first-order valence-electron chi connectivity index (χ1n) is 9.24. The van der Waals surface area contributed by atoms with E-state index in [1.807, 2.05) is 60.7 Å². The lowest BCUT2D eigenvalue weighted by molar-refractivity contribution is -0.140. The number of benzene rings is 2. The minimum atomic E-state index is -0.953. The largest absolute Gasteiger partial charge is 0.481 e. The van der Waals surface area contributed by atoms with E-state index in [1.165, 1.54) is 0 Å². The number of rotatable bonds is 10.